The molecular weight excluding hydrogens is 438 g/mol. The number of nitrogens with zero attached hydrogens (tertiary/aromatic N) is 1. The Morgan fingerprint density at radius 2 is 1.45 bits per heavy atom. The van der Waals surface area contributed by atoms with Gasteiger partial charge in [-0.2, -0.15) is 0 Å². The van der Waals surface area contributed by atoms with E-state index in [1.807, 2.05) is 72.8 Å². The van der Waals surface area contributed by atoms with E-state index in [0.29, 0.717) is 18.0 Å². The van der Waals surface area contributed by atoms with Crippen LogP contribution < -0.4 is 16.4 Å². The van der Waals surface area contributed by atoms with E-state index in [1.165, 1.54) is 0 Å². The molecule has 2 unspecified atom stereocenters. The fraction of sp³-hybridized carbons (Fsp3) is 0.231. The maximum Gasteiger partial charge on any atom is 0.421 e. The van der Waals surface area contributed by atoms with Gasteiger partial charge < -0.3 is 16.2 Å². The first-order chi connectivity index (χ1) is 15.5. The van der Waals surface area contributed by atoms with E-state index in [1.54, 1.807) is 12.1 Å². The average Bonchev–Trinajstić information content (AvgIpc) is 3.56. The summed E-state index contributed by atoms with van der Waals surface area (Å²) in [5.74, 6) is -0.179. The van der Waals surface area contributed by atoms with Crippen LogP contribution in [-0.4, -0.2) is 24.1 Å². The number of carbonyl (C=O) groups excluding carboxylic acids is 2. The van der Waals surface area contributed by atoms with Gasteiger partial charge in [-0.1, -0.05) is 72.8 Å². The van der Waals surface area contributed by atoms with Gasteiger partial charge >= 0.3 is 6.09 Å². The lowest BCUT2D eigenvalue weighted by Gasteiger charge is -2.24. The van der Waals surface area contributed by atoms with Crippen molar-refractivity contribution in [2.24, 2.45) is 11.5 Å². The van der Waals surface area contributed by atoms with Crippen molar-refractivity contribution in [1.82, 2.24) is 0 Å². The normalized spacial score (nSPS) is 17.4. The second kappa shape index (κ2) is 11.1. The lowest BCUT2D eigenvalue weighted by molar-refractivity contribution is -0.119. The van der Waals surface area contributed by atoms with Crippen molar-refractivity contribution in [3.05, 3.63) is 102 Å². The van der Waals surface area contributed by atoms with Crippen molar-refractivity contribution < 1.29 is 14.3 Å². The van der Waals surface area contributed by atoms with Gasteiger partial charge in [-0.3, -0.25) is 4.79 Å². The summed E-state index contributed by atoms with van der Waals surface area (Å²) in [5.41, 5.74) is 15.4. The standard InChI is InChI=1S/C26H27N3O3.ClH/c27-23-16-22(23)20-11-13-21(14-12-20)29(26(31)32-17-19-9-5-2-6-10-19)25(30)24(28)15-18-7-3-1-4-8-18;/h1-14,22-24H,15-17,27-28H2;1H/t22?,23?,24-;/m0./s1. The van der Waals surface area contributed by atoms with Crippen molar-refractivity contribution in [3.63, 3.8) is 0 Å². The van der Waals surface area contributed by atoms with Crippen molar-refractivity contribution in [3.8, 4) is 0 Å². The van der Waals surface area contributed by atoms with E-state index in [0.717, 1.165) is 28.0 Å². The second-order valence-corrected chi connectivity index (χ2v) is 8.11. The molecule has 1 fully saturated rings. The minimum absolute atomic E-state index is 0. The van der Waals surface area contributed by atoms with E-state index in [4.69, 9.17) is 16.2 Å². The van der Waals surface area contributed by atoms with E-state index >= 15 is 0 Å². The molecule has 172 valence electrons. The van der Waals surface area contributed by atoms with Gasteiger partial charge in [-0.15, -0.1) is 12.4 Å². The first-order valence-electron chi connectivity index (χ1n) is 10.7. The van der Waals surface area contributed by atoms with Gasteiger partial charge in [0.05, 0.1) is 11.7 Å². The summed E-state index contributed by atoms with van der Waals surface area (Å²) in [6.45, 7) is 0.0619. The summed E-state index contributed by atoms with van der Waals surface area (Å²) < 4.78 is 5.46. The highest BCUT2D eigenvalue weighted by atomic mass is 35.5. The molecule has 0 saturated heterocycles. The zero-order valence-electron chi connectivity index (χ0n) is 18.2. The van der Waals surface area contributed by atoms with Crippen molar-refractivity contribution >= 4 is 30.1 Å². The maximum absolute atomic E-state index is 13.3. The third-order valence-electron chi connectivity index (χ3n) is 5.64. The van der Waals surface area contributed by atoms with Crippen LogP contribution in [0, 0.1) is 0 Å². The summed E-state index contributed by atoms with van der Waals surface area (Å²) >= 11 is 0. The number of nitrogens with two attached hydrogens (primary N) is 2. The molecule has 0 bridgehead atoms. The van der Waals surface area contributed by atoms with Crippen LogP contribution in [0.3, 0.4) is 0 Å². The van der Waals surface area contributed by atoms with E-state index in [9.17, 15) is 9.59 Å². The lowest BCUT2D eigenvalue weighted by atomic mass is 10.0. The van der Waals surface area contributed by atoms with Crippen LogP contribution in [0.2, 0.25) is 0 Å². The number of ether oxygens (including phenoxy) is 1. The van der Waals surface area contributed by atoms with Crippen LogP contribution in [0.4, 0.5) is 10.5 Å². The molecule has 0 aliphatic heterocycles. The molecule has 4 rings (SSSR count). The summed E-state index contributed by atoms with van der Waals surface area (Å²) in [6.07, 6.45) is 0.512. The summed E-state index contributed by atoms with van der Waals surface area (Å²) in [6, 6.07) is 25.4. The van der Waals surface area contributed by atoms with Gasteiger partial charge in [0.1, 0.15) is 6.61 Å². The number of rotatable bonds is 7. The predicted octanol–water partition coefficient (Wildman–Crippen LogP) is 4.16. The molecule has 33 heavy (non-hydrogen) atoms. The third-order valence-corrected chi connectivity index (χ3v) is 5.64. The molecule has 3 atom stereocenters. The molecule has 3 aromatic rings. The van der Waals surface area contributed by atoms with Gasteiger partial charge in [0.2, 0.25) is 0 Å². The predicted molar refractivity (Wildman–Crippen MR) is 131 cm³/mol. The Balaban J connectivity index is 0.00000306. The lowest BCUT2D eigenvalue weighted by Crippen LogP contribution is -2.48. The number of hydrogen-bond donors (Lipinski definition) is 2. The molecule has 4 N–H and O–H groups in total. The number of anilines is 1. The third kappa shape index (κ3) is 6.20. The first-order valence-corrected chi connectivity index (χ1v) is 10.7. The van der Waals surface area contributed by atoms with Crippen molar-refractivity contribution in [2.45, 2.75) is 37.5 Å². The van der Waals surface area contributed by atoms with E-state index in [-0.39, 0.29) is 25.1 Å². The Hall–Kier alpha value is -3.19. The average molecular weight is 466 g/mol. The second-order valence-electron chi connectivity index (χ2n) is 8.11. The Morgan fingerprint density at radius 1 is 0.909 bits per heavy atom. The van der Waals surface area contributed by atoms with Gasteiger partial charge in [0.25, 0.3) is 5.91 Å². The Labute approximate surface area is 199 Å². The zero-order valence-corrected chi connectivity index (χ0v) is 19.0. The Morgan fingerprint density at radius 3 is 2.00 bits per heavy atom. The monoisotopic (exact) mass is 465 g/mol. The highest BCUT2D eigenvalue weighted by molar-refractivity contribution is 6.14. The quantitative estimate of drug-likeness (QED) is 0.545. The fourth-order valence-electron chi connectivity index (χ4n) is 3.70. The molecule has 3 aromatic carbocycles. The number of benzene rings is 3. The molecule has 6 nitrogen and oxygen atoms in total. The number of halogens is 1. The van der Waals surface area contributed by atoms with Crippen LogP contribution in [-0.2, 0) is 22.6 Å². The molecule has 0 radical (unpaired) electrons. The van der Waals surface area contributed by atoms with Gasteiger partial charge in [0.15, 0.2) is 0 Å². The fourth-order valence-corrected chi connectivity index (χ4v) is 3.70. The topological polar surface area (TPSA) is 98.6 Å². The number of imide groups is 1. The number of amides is 2. The van der Waals surface area contributed by atoms with Crippen LogP contribution in [0.5, 0.6) is 0 Å². The molecule has 0 aromatic heterocycles. The molecular formula is C26H28ClN3O3. The summed E-state index contributed by atoms with van der Waals surface area (Å²) in [7, 11) is 0. The smallest absolute Gasteiger partial charge is 0.421 e. The molecule has 1 saturated carbocycles. The van der Waals surface area contributed by atoms with Gasteiger partial charge in [0, 0.05) is 12.0 Å². The van der Waals surface area contributed by atoms with Crippen molar-refractivity contribution in [1.29, 1.82) is 0 Å². The Kier molecular flexibility index (Phi) is 8.22. The van der Waals surface area contributed by atoms with Crippen molar-refractivity contribution in [2.75, 3.05) is 4.90 Å². The molecule has 1 aliphatic rings. The van der Waals surface area contributed by atoms with Crippen LogP contribution in [0.15, 0.2) is 84.9 Å². The largest absolute Gasteiger partial charge is 0.444 e. The summed E-state index contributed by atoms with van der Waals surface area (Å²) in [4.78, 5) is 27.3. The first kappa shape index (κ1) is 24.5. The maximum atomic E-state index is 13.3. The minimum atomic E-state index is -0.891. The van der Waals surface area contributed by atoms with Crippen LogP contribution in [0.25, 0.3) is 0 Å². The number of hydrogen-bond acceptors (Lipinski definition) is 5. The van der Waals surface area contributed by atoms with Crippen LogP contribution in [0.1, 0.15) is 29.0 Å². The van der Waals surface area contributed by atoms with E-state index < -0.39 is 18.0 Å². The number of carbonyl (C=O) groups is 2. The Bertz CT molecular complexity index is 1060. The highest BCUT2D eigenvalue weighted by Crippen LogP contribution is 2.39. The molecule has 0 spiro atoms. The van der Waals surface area contributed by atoms with Gasteiger partial charge in [-0.25, -0.2) is 9.69 Å². The van der Waals surface area contributed by atoms with E-state index in [2.05, 4.69) is 0 Å². The molecule has 7 heteroatoms. The minimum Gasteiger partial charge on any atom is -0.444 e. The zero-order chi connectivity index (χ0) is 22.5. The van der Waals surface area contributed by atoms with Gasteiger partial charge in [-0.05, 0) is 41.7 Å². The highest BCUT2D eigenvalue weighted by Gasteiger charge is 2.35. The molecule has 1 aliphatic carbocycles. The molecule has 2 amide bonds. The SMILES string of the molecule is Cl.NC1CC1c1ccc(N(C(=O)OCc2ccccc2)C(=O)[C@@H](N)Cc2ccccc2)cc1. The molecule has 0 heterocycles. The summed E-state index contributed by atoms with van der Waals surface area (Å²) in [5, 5.41) is 0. The van der Waals surface area contributed by atoms with Crippen LogP contribution >= 0.6 is 12.4 Å².